The van der Waals surface area contributed by atoms with E-state index in [1.165, 1.54) is 4.90 Å². The lowest BCUT2D eigenvalue weighted by atomic mass is 9.85. The number of anilines is 2. The molecule has 3 amide bonds. The molecule has 4 saturated heterocycles. The average molecular weight is 1250 g/mol. The minimum absolute atomic E-state index is 0.0111. The van der Waals surface area contributed by atoms with Gasteiger partial charge in [-0.3, -0.25) is 19.4 Å². The van der Waals surface area contributed by atoms with Gasteiger partial charge in [-0.25, -0.2) is 19.5 Å². The lowest BCUT2D eigenvalue weighted by molar-refractivity contribution is -0.145. The fourth-order valence-corrected chi connectivity index (χ4v) is 13.9. The molecule has 5 fully saturated rings. The van der Waals surface area contributed by atoms with Crippen LogP contribution in [0.3, 0.4) is 0 Å². The largest absolute Gasteiger partial charge is 0.459 e. The summed E-state index contributed by atoms with van der Waals surface area (Å²) in [6.45, 7) is 20.4. The van der Waals surface area contributed by atoms with Crippen molar-refractivity contribution in [3.63, 3.8) is 0 Å². The quantitative estimate of drug-likeness (QED) is 0.0343. The number of nitrogens with zero attached hydrogens (tertiary/aromatic N) is 8. The number of benzene rings is 2. The van der Waals surface area contributed by atoms with E-state index in [1.807, 2.05) is 30.8 Å². The third-order valence-electron chi connectivity index (χ3n) is 18.8. The monoisotopic (exact) mass is 1250 g/mol. The Morgan fingerprint density at radius 1 is 0.944 bits per heavy atom. The number of hydrogen-bond acceptors (Lipinski definition) is 17. The summed E-state index contributed by atoms with van der Waals surface area (Å²) in [5.74, 6) is -0.471. The van der Waals surface area contributed by atoms with Crippen molar-refractivity contribution in [2.24, 2.45) is 11.3 Å². The van der Waals surface area contributed by atoms with Gasteiger partial charge in [-0.1, -0.05) is 77.1 Å². The minimum atomic E-state index is -1.96. The Balaban J connectivity index is 0.639. The van der Waals surface area contributed by atoms with Crippen LogP contribution < -0.4 is 31.3 Å². The summed E-state index contributed by atoms with van der Waals surface area (Å²) in [5, 5.41) is 37.0. The first kappa shape index (κ1) is 64.6. The molecule has 7 N–H and O–H groups in total. The van der Waals surface area contributed by atoms with Crippen LogP contribution in [0, 0.1) is 18.3 Å². The molecule has 0 bridgehead atoms. The number of aliphatic hydroxyl groups is 1. The molecule has 0 radical (unpaired) electrons. The number of carbonyl (C=O) groups excluding carboxylic acids is 3. The van der Waals surface area contributed by atoms with Crippen LogP contribution in [-0.2, 0) is 25.7 Å². The number of β-amino-alcohol motifs (C(OH)–C–C–N with tert-alkyl or cyclic N) is 1. The minimum Gasteiger partial charge on any atom is -0.459 e. The first-order chi connectivity index (χ1) is 43.4. The molecule has 22 heteroatoms. The van der Waals surface area contributed by atoms with E-state index in [4.69, 9.17) is 19.4 Å². The molecule has 2 aliphatic carbocycles. The lowest BCUT2D eigenvalue weighted by Gasteiger charge is -2.42. The Morgan fingerprint density at radius 3 is 2.50 bits per heavy atom. The molecular formula is C68H91FN14O6S. The summed E-state index contributed by atoms with van der Waals surface area (Å²) in [6, 6.07) is 15.9. The number of aryl methyl sites for hydroxylation is 1. The van der Waals surface area contributed by atoms with Gasteiger partial charge < -0.3 is 55.9 Å². The van der Waals surface area contributed by atoms with Gasteiger partial charge in [0, 0.05) is 87.2 Å². The van der Waals surface area contributed by atoms with Gasteiger partial charge in [-0.05, 0) is 154 Å². The van der Waals surface area contributed by atoms with E-state index >= 15 is 0 Å². The number of nitrogens with one attached hydrogen (secondary N) is 6. The van der Waals surface area contributed by atoms with Crippen LogP contribution in [0.15, 0.2) is 90.4 Å². The highest BCUT2D eigenvalue weighted by molar-refractivity contribution is 7.10. The predicted octanol–water partition coefficient (Wildman–Crippen LogP) is 8.67. The van der Waals surface area contributed by atoms with E-state index in [-0.39, 0.29) is 50.5 Å². The van der Waals surface area contributed by atoms with Gasteiger partial charge in [0.25, 0.3) is 5.91 Å². The van der Waals surface area contributed by atoms with Crippen LogP contribution in [0.1, 0.15) is 126 Å². The number of rotatable bonds is 22. The highest BCUT2D eigenvalue weighted by atomic mass is 32.1. The number of allylic oxidation sites excluding steroid dienone is 2. The lowest BCUT2D eigenvalue weighted by Crippen LogP contribution is -2.59. The van der Waals surface area contributed by atoms with Crippen molar-refractivity contribution in [1.82, 2.24) is 60.8 Å². The number of amides is 3. The van der Waals surface area contributed by atoms with E-state index < -0.39 is 47.0 Å². The van der Waals surface area contributed by atoms with Crippen molar-refractivity contribution in [2.45, 2.75) is 160 Å². The highest BCUT2D eigenvalue weighted by Gasteiger charge is 2.53. The summed E-state index contributed by atoms with van der Waals surface area (Å²) in [5.41, 5.74) is 7.23. The van der Waals surface area contributed by atoms with Crippen LogP contribution in [0.4, 0.5) is 16.0 Å². The normalized spacial score (nSPS) is 22.1. The molecule has 0 spiro atoms. The number of ether oxygens (including phenoxy) is 2. The number of thiazole rings is 1. The van der Waals surface area contributed by atoms with Gasteiger partial charge in [0.1, 0.15) is 18.2 Å². The third kappa shape index (κ3) is 16.2. The second-order valence-corrected chi connectivity index (χ2v) is 27.6. The molecule has 1 saturated carbocycles. The first-order valence-corrected chi connectivity index (χ1v) is 33.4. The maximum Gasteiger partial charge on any atom is 0.319 e. The Bertz CT molecular complexity index is 3430. The number of aromatic amines is 1. The SMILES string of the molecule is Cc1ncsc1C1=CC=C(CNC(=O)[C@@H]2C[C@@H](O)CN2C(=O)[C@@H](NC(=O)C2(F)CC2)C(C)(C)C)C(OCCN2CCC(N3CCC(CNc4ccc5c(-c6ccccc6CNc6nc(O[C@@H]7CCCNC7)ncc(C(C)C)cn[nH]6)nccc5c4)CC3)CC2)C1. The number of fused-ring (bicyclic) bond motifs is 1. The Morgan fingerprint density at radius 2 is 1.76 bits per heavy atom. The molecule has 6 aliphatic rings. The van der Waals surface area contributed by atoms with Crippen molar-refractivity contribution in [3.8, 4) is 17.3 Å². The van der Waals surface area contributed by atoms with E-state index in [1.54, 1.807) is 44.5 Å². The van der Waals surface area contributed by atoms with Crippen molar-refractivity contribution in [1.29, 1.82) is 0 Å². The van der Waals surface area contributed by atoms with Crippen molar-refractivity contribution in [2.75, 3.05) is 82.7 Å². The number of aromatic nitrogens is 6. The Hall–Kier alpha value is -6.95. The number of hydrogen-bond donors (Lipinski definition) is 7. The molecule has 11 rings (SSSR count). The Labute approximate surface area is 532 Å². The molecule has 5 aromatic rings. The molecule has 7 heterocycles. The van der Waals surface area contributed by atoms with Gasteiger partial charge in [0.05, 0.1) is 46.8 Å². The predicted molar refractivity (Wildman–Crippen MR) is 350 cm³/mol. The molecule has 4 aliphatic heterocycles. The first-order valence-electron chi connectivity index (χ1n) is 32.6. The maximum absolute atomic E-state index is 14.8. The molecule has 482 valence electrons. The van der Waals surface area contributed by atoms with Crippen LogP contribution in [0.25, 0.3) is 27.6 Å². The second kappa shape index (κ2) is 29.1. The molecule has 5 atom stereocenters. The summed E-state index contributed by atoms with van der Waals surface area (Å²) >= 11 is 1.61. The fourth-order valence-electron chi connectivity index (χ4n) is 13.0. The average Bonchev–Trinajstić information content (AvgIpc) is 1.41. The van der Waals surface area contributed by atoms with Crippen LogP contribution in [-0.4, -0.2) is 182 Å². The van der Waals surface area contributed by atoms with E-state index in [2.05, 4.69) is 119 Å². The molecule has 2 aromatic carbocycles. The van der Waals surface area contributed by atoms with Crippen molar-refractivity contribution in [3.05, 3.63) is 112 Å². The summed E-state index contributed by atoms with van der Waals surface area (Å²) in [6.07, 6.45) is 15.8. The second-order valence-electron chi connectivity index (χ2n) is 26.8. The van der Waals surface area contributed by atoms with E-state index in [0.29, 0.717) is 43.5 Å². The topological polar surface area (TPSA) is 240 Å². The van der Waals surface area contributed by atoms with Gasteiger partial charge >= 0.3 is 6.01 Å². The fraction of sp³-hybridized carbons (Fsp3) is 0.559. The number of piperidine rings is 3. The van der Waals surface area contributed by atoms with Crippen LogP contribution in [0.2, 0.25) is 0 Å². The summed E-state index contributed by atoms with van der Waals surface area (Å²) in [7, 11) is 0. The van der Waals surface area contributed by atoms with Gasteiger partial charge in [0.15, 0.2) is 5.67 Å². The zero-order chi connectivity index (χ0) is 62.9. The van der Waals surface area contributed by atoms with Crippen LogP contribution in [0.5, 0.6) is 6.01 Å². The zero-order valence-electron chi connectivity index (χ0n) is 53.1. The number of likely N-dealkylation sites (tertiary alicyclic amines) is 3. The number of H-pyrrole nitrogens is 1. The Kier molecular flexibility index (Phi) is 20.9. The van der Waals surface area contributed by atoms with Crippen molar-refractivity contribution < 1.29 is 33.4 Å². The summed E-state index contributed by atoms with van der Waals surface area (Å²) < 4.78 is 27.8. The van der Waals surface area contributed by atoms with E-state index in [0.717, 1.165) is 151 Å². The third-order valence-corrected chi connectivity index (χ3v) is 19.8. The summed E-state index contributed by atoms with van der Waals surface area (Å²) in [4.78, 5) is 67.4. The number of alkyl halides is 1. The van der Waals surface area contributed by atoms with Gasteiger partial charge in [0.2, 0.25) is 17.8 Å². The van der Waals surface area contributed by atoms with Crippen molar-refractivity contribution >= 4 is 57.0 Å². The molecule has 90 heavy (non-hydrogen) atoms. The number of pyridine rings is 1. The molecule has 3 aromatic heterocycles. The van der Waals surface area contributed by atoms with E-state index in [9.17, 15) is 23.9 Å². The number of halogens is 1. The smallest absolute Gasteiger partial charge is 0.319 e. The molecular weight excluding hydrogens is 1160 g/mol. The zero-order valence-corrected chi connectivity index (χ0v) is 53.9. The van der Waals surface area contributed by atoms with Gasteiger partial charge in [-0.2, -0.15) is 10.1 Å². The molecule has 1 unspecified atom stereocenters. The van der Waals surface area contributed by atoms with Gasteiger partial charge in [-0.15, -0.1) is 11.3 Å². The number of aliphatic hydroxyl groups excluding tert-OH is 1. The molecule has 20 nitrogen and oxygen atoms in total. The number of carbonyl (C=O) groups is 3. The highest BCUT2D eigenvalue weighted by Crippen LogP contribution is 2.41. The standard InChI is InChI=1S/C68H91FN14O6S/c1-43(2)50-38-75-66(89-54-11-9-24-70-40-54)79-65(80-77-39-50)74-36-48-10-7-8-12-55(48)59-56-16-15-51(32-46(56)17-25-71-59)72-35-45-18-28-82(29-19-45)52-20-26-81(27-21-52)30-31-88-58-33-47(60-44(3)76-42-90-60)13-14-49(58)37-73-62(85)57-34-53(84)41-83(57)63(86)61(67(4,5)6)78-64(87)68(69)22-23-68/h7-8,10,12-17,25,32,38-39,42-43,45,52-54,57-58,61,70,72,84H,9,11,18-24,26-31,33-37,40-41H2,1-6H3,(H,73,85)(H,78,87)(H2,74,75,79,80)/t53-,54-,57+,58?,61-/m1/s1. The van der Waals surface area contributed by atoms with Crippen LogP contribution >= 0.6 is 11.3 Å². The maximum atomic E-state index is 14.8.